The Morgan fingerprint density at radius 1 is 1.04 bits per heavy atom. The van der Waals surface area contributed by atoms with Crippen molar-refractivity contribution < 1.29 is 37.1 Å². The fraction of sp³-hybridized carbons (Fsp3) is 0.417. The molecule has 0 unspecified atom stereocenters. The molecule has 1 saturated heterocycles. The SMILES string of the molecule is C=C[C@@H]1C[C@]1(NC(=O)[C@@H]1C[C@@H](Oc2nccc3ccccc23)CN1C(=O)[C@@H](OC(=O)Nc1ccccc1)C(C)(C)C)C(=O)NS(=O)(=O)C1CC1. The van der Waals surface area contributed by atoms with Gasteiger partial charge in [0.15, 0.2) is 6.10 Å². The van der Waals surface area contributed by atoms with E-state index in [9.17, 15) is 27.6 Å². The van der Waals surface area contributed by atoms with Gasteiger partial charge in [0.1, 0.15) is 17.7 Å². The highest BCUT2D eigenvalue weighted by molar-refractivity contribution is 7.91. The third-order valence-corrected chi connectivity index (χ3v) is 11.1. The predicted molar refractivity (Wildman–Crippen MR) is 185 cm³/mol. The summed E-state index contributed by atoms with van der Waals surface area (Å²) in [4.78, 5) is 60.7. The number of hydrogen-bond acceptors (Lipinski definition) is 9. The van der Waals surface area contributed by atoms with Gasteiger partial charge in [-0.25, -0.2) is 18.2 Å². The van der Waals surface area contributed by atoms with Crippen molar-refractivity contribution in [1.82, 2.24) is 19.9 Å². The average Bonchev–Trinajstić information content (AvgIpc) is 4.00. The number of likely N-dealkylation sites (tertiary alicyclic amines) is 1. The van der Waals surface area contributed by atoms with Crippen LogP contribution in [-0.2, 0) is 29.1 Å². The number of amides is 4. The summed E-state index contributed by atoms with van der Waals surface area (Å²) in [5.41, 5.74) is -1.98. The highest BCUT2D eigenvalue weighted by Gasteiger charge is 2.62. The van der Waals surface area contributed by atoms with Crippen molar-refractivity contribution in [2.45, 2.75) is 75.5 Å². The fourth-order valence-electron chi connectivity index (χ4n) is 6.26. The lowest BCUT2D eigenvalue weighted by Crippen LogP contribution is -2.58. The van der Waals surface area contributed by atoms with Crippen LogP contribution in [0, 0.1) is 11.3 Å². The molecule has 3 fully saturated rings. The number of anilines is 1. The minimum atomic E-state index is -3.89. The minimum absolute atomic E-state index is 0.0202. The Morgan fingerprint density at radius 2 is 1.74 bits per heavy atom. The normalized spacial score (nSPS) is 23.7. The van der Waals surface area contributed by atoms with E-state index in [0.29, 0.717) is 24.4 Å². The maximum Gasteiger partial charge on any atom is 0.412 e. The van der Waals surface area contributed by atoms with E-state index in [2.05, 4.69) is 26.9 Å². The van der Waals surface area contributed by atoms with Crippen LogP contribution in [-0.4, -0.2) is 77.7 Å². The van der Waals surface area contributed by atoms with Crippen molar-refractivity contribution in [1.29, 1.82) is 0 Å². The standard InChI is InChI=1S/C36H41N5O8S/c1-5-23-20-36(23,33(44)40-50(46,47)26-15-16-26)39-30(42)28-19-25(48-31-27-14-10-9-11-22(27)17-18-37-31)21-41(28)32(43)29(35(2,3)4)49-34(45)38-24-12-7-6-8-13-24/h5-14,17-18,23,25-26,28-29H,1,15-16,19-21H2,2-4H3,(H,38,45)(H,39,42)(H,40,44)/t23-,25-,28+,29-,36-/m1/s1. The molecule has 5 atom stereocenters. The van der Waals surface area contributed by atoms with Gasteiger partial charge in [0.05, 0.1) is 11.8 Å². The van der Waals surface area contributed by atoms with Crippen LogP contribution in [0.5, 0.6) is 5.88 Å². The summed E-state index contributed by atoms with van der Waals surface area (Å²) >= 11 is 0. The molecule has 3 aliphatic rings. The number of rotatable bonds is 11. The Bertz CT molecular complexity index is 1920. The quantitative estimate of drug-likeness (QED) is 0.250. The first-order chi connectivity index (χ1) is 23.7. The number of sulfonamides is 1. The van der Waals surface area contributed by atoms with Crippen LogP contribution >= 0.6 is 0 Å². The average molecular weight is 704 g/mol. The van der Waals surface area contributed by atoms with E-state index in [4.69, 9.17) is 9.47 Å². The zero-order valence-corrected chi connectivity index (χ0v) is 28.9. The molecule has 4 amide bonds. The molecule has 14 heteroatoms. The number of carbonyl (C=O) groups excluding carboxylic acids is 4. The van der Waals surface area contributed by atoms with Crippen molar-refractivity contribution in [2.24, 2.45) is 11.3 Å². The van der Waals surface area contributed by atoms with Crippen molar-refractivity contribution >= 4 is 50.3 Å². The molecule has 13 nitrogen and oxygen atoms in total. The van der Waals surface area contributed by atoms with E-state index in [0.717, 1.165) is 10.8 Å². The number of nitrogens with zero attached hydrogens (tertiary/aromatic N) is 2. The van der Waals surface area contributed by atoms with E-state index in [1.807, 2.05) is 30.3 Å². The van der Waals surface area contributed by atoms with Crippen LogP contribution in [0.2, 0.25) is 0 Å². The van der Waals surface area contributed by atoms with Crippen molar-refractivity contribution in [3.8, 4) is 5.88 Å². The van der Waals surface area contributed by atoms with Crippen LogP contribution in [0.15, 0.2) is 79.5 Å². The minimum Gasteiger partial charge on any atom is -0.472 e. The maximum atomic E-state index is 14.4. The second-order valence-electron chi connectivity index (χ2n) is 14.1. The van der Waals surface area contributed by atoms with Gasteiger partial charge in [-0.05, 0) is 48.9 Å². The van der Waals surface area contributed by atoms with Crippen LogP contribution in [0.3, 0.4) is 0 Å². The molecule has 3 aromatic rings. The summed E-state index contributed by atoms with van der Waals surface area (Å²) in [5, 5.41) is 6.39. The zero-order valence-electron chi connectivity index (χ0n) is 28.1. The third kappa shape index (κ3) is 7.30. The number of aromatic nitrogens is 1. The molecule has 3 N–H and O–H groups in total. The van der Waals surface area contributed by atoms with Gasteiger partial charge in [0.25, 0.3) is 11.8 Å². The van der Waals surface area contributed by atoms with Crippen molar-refractivity contribution in [3.63, 3.8) is 0 Å². The summed E-state index contributed by atoms with van der Waals surface area (Å²) in [6, 6.07) is 16.8. The number of pyridine rings is 1. The van der Waals surface area contributed by atoms with Crippen LogP contribution in [0.4, 0.5) is 10.5 Å². The topological polar surface area (TPSA) is 173 Å². The van der Waals surface area contributed by atoms with E-state index in [-0.39, 0.29) is 19.4 Å². The smallest absolute Gasteiger partial charge is 0.412 e. The molecule has 0 bridgehead atoms. The summed E-state index contributed by atoms with van der Waals surface area (Å²) in [7, 11) is -3.89. The van der Waals surface area contributed by atoms with Gasteiger partial charge in [-0.3, -0.25) is 24.4 Å². The number of fused-ring (bicyclic) bond motifs is 1. The summed E-state index contributed by atoms with van der Waals surface area (Å²) in [6.07, 6.45) is 1.30. The van der Waals surface area contributed by atoms with Crippen molar-refractivity contribution in [2.75, 3.05) is 11.9 Å². The Kier molecular flexibility index (Phi) is 9.33. The first-order valence-corrected chi connectivity index (χ1v) is 18.1. The van der Waals surface area contributed by atoms with E-state index >= 15 is 0 Å². The Morgan fingerprint density at radius 3 is 2.40 bits per heavy atom. The molecule has 1 aromatic heterocycles. The van der Waals surface area contributed by atoms with Gasteiger partial charge in [-0.15, -0.1) is 6.58 Å². The number of benzene rings is 2. The molecule has 2 saturated carbocycles. The number of nitrogens with one attached hydrogen (secondary N) is 3. The molecule has 2 aromatic carbocycles. The van der Waals surface area contributed by atoms with Gasteiger partial charge in [0, 0.05) is 35.0 Å². The molecule has 6 rings (SSSR count). The lowest BCUT2D eigenvalue weighted by atomic mass is 9.88. The van der Waals surface area contributed by atoms with E-state index in [1.54, 1.807) is 57.3 Å². The molecule has 0 spiro atoms. The Balaban J connectivity index is 1.27. The molecular formula is C36H41N5O8S. The maximum absolute atomic E-state index is 14.4. The Labute approximate surface area is 290 Å². The molecule has 2 aliphatic carbocycles. The highest BCUT2D eigenvalue weighted by Crippen LogP contribution is 2.45. The summed E-state index contributed by atoms with van der Waals surface area (Å²) < 4.78 is 39.5. The number of hydrogen-bond donors (Lipinski definition) is 3. The lowest BCUT2D eigenvalue weighted by Gasteiger charge is -2.34. The predicted octanol–water partition coefficient (Wildman–Crippen LogP) is 3.92. The lowest BCUT2D eigenvalue weighted by molar-refractivity contribution is -0.150. The van der Waals surface area contributed by atoms with E-state index < -0.39 is 74.2 Å². The molecule has 0 radical (unpaired) electrons. The summed E-state index contributed by atoms with van der Waals surface area (Å²) in [5.74, 6) is -2.36. The second-order valence-corrected chi connectivity index (χ2v) is 16.1. The monoisotopic (exact) mass is 703 g/mol. The highest BCUT2D eigenvalue weighted by atomic mass is 32.2. The fourth-order valence-corrected chi connectivity index (χ4v) is 7.63. The number of para-hydroxylation sites is 1. The van der Waals surface area contributed by atoms with Crippen LogP contribution in [0.1, 0.15) is 46.5 Å². The largest absolute Gasteiger partial charge is 0.472 e. The third-order valence-electron chi connectivity index (χ3n) is 9.27. The molecule has 1 aliphatic heterocycles. The molecule has 50 heavy (non-hydrogen) atoms. The number of ether oxygens (including phenoxy) is 2. The molecule has 264 valence electrons. The van der Waals surface area contributed by atoms with Crippen LogP contribution < -0.4 is 20.1 Å². The Hall–Kier alpha value is -4.98. The van der Waals surface area contributed by atoms with Gasteiger partial charge < -0.3 is 19.7 Å². The van der Waals surface area contributed by atoms with Gasteiger partial charge in [-0.1, -0.05) is 63.2 Å². The molecular weight excluding hydrogens is 662 g/mol. The van der Waals surface area contributed by atoms with Crippen molar-refractivity contribution in [3.05, 3.63) is 79.5 Å². The van der Waals surface area contributed by atoms with Crippen LogP contribution in [0.25, 0.3) is 10.8 Å². The van der Waals surface area contributed by atoms with E-state index in [1.165, 1.54) is 11.0 Å². The first kappa shape index (κ1) is 34.9. The first-order valence-electron chi connectivity index (χ1n) is 16.6. The second kappa shape index (κ2) is 13.4. The van der Waals surface area contributed by atoms with Gasteiger partial charge in [-0.2, -0.15) is 0 Å². The zero-order chi connectivity index (χ0) is 35.8. The number of carbonyl (C=O) groups is 4. The molecule has 2 heterocycles. The van der Waals surface area contributed by atoms with Gasteiger partial charge >= 0.3 is 6.09 Å². The summed E-state index contributed by atoms with van der Waals surface area (Å²) in [6.45, 7) is 8.92. The van der Waals surface area contributed by atoms with Gasteiger partial charge in [0.2, 0.25) is 21.8 Å².